The van der Waals surface area contributed by atoms with E-state index in [-0.39, 0.29) is 14.8 Å². The first-order chi connectivity index (χ1) is 5.54. The van der Waals surface area contributed by atoms with Gasteiger partial charge in [-0.05, 0) is 6.92 Å². The van der Waals surface area contributed by atoms with Gasteiger partial charge in [0.25, 0.3) is 0 Å². The van der Waals surface area contributed by atoms with E-state index in [4.69, 9.17) is 4.74 Å². The summed E-state index contributed by atoms with van der Waals surface area (Å²) >= 11 is 0. The molecule has 0 aromatic carbocycles. The Morgan fingerprint density at radius 3 is 2.58 bits per heavy atom. The SMILES string of the molecule is C=C(C)C(=O)OCC=C[Si](C)C. The van der Waals surface area contributed by atoms with E-state index in [1.165, 1.54) is 0 Å². The predicted molar refractivity (Wildman–Crippen MR) is 52.4 cm³/mol. The summed E-state index contributed by atoms with van der Waals surface area (Å²) in [5.41, 5.74) is 2.54. The van der Waals surface area contributed by atoms with E-state index in [2.05, 4.69) is 25.4 Å². The first-order valence-corrected chi connectivity index (χ1v) is 6.41. The van der Waals surface area contributed by atoms with Crippen LogP contribution in [0.25, 0.3) is 0 Å². The lowest BCUT2D eigenvalue weighted by Gasteiger charge is -1.99. The molecule has 0 unspecified atom stereocenters. The average molecular weight is 183 g/mol. The van der Waals surface area contributed by atoms with Crippen LogP contribution in [0.5, 0.6) is 0 Å². The average Bonchev–Trinajstić information content (AvgIpc) is 1.97. The molecule has 0 aromatic heterocycles. The molecule has 2 nitrogen and oxygen atoms in total. The lowest BCUT2D eigenvalue weighted by molar-refractivity contribution is -0.137. The molecule has 0 rings (SSSR count). The van der Waals surface area contributed by atoms with Crippen LogP contribution in [0.3, 0.4) is 0 Å². The molecule has 1 radical (unpaired) electrons. The molecule has 0 aliphatic carbocycles. The Hall–Kier alpha value is -0.833. The summed E-state index contributed by atoms with van der Waals surface area (Å²) in [5.74, 6) is -0.319. The number of carbonyl (C=O) groups excluding carboxylic acids is 1. The molecule has 0 bridgehead atoms. The minimum atomic E-state index is -0.347. The van der Waals surface area contributed by atoms with Crippen molar-refractivity contribution in [1.82, 2.24) is 0 Å². The van der Waals surface area contributed by atoms with Crippen LogP contribution in [0.1, 0.15) is 6.92 Å². The third-order valence-corrected chi connectivity index (χ3v) is 2.01. The smallest absolute Gasteiger partial charge is 0.333 e. The van der Waals surface area contributed by atoms with Gasteiger partial charge in [0, 0.05) is 5.57 Å². The molecule has 0 aliphatic heterocycles. The number of esters is 1. The van der Waals surface area contributed by atoms with Gasteiger partial charge in [-0.3, -0.25) is 0 Å². The quantitative estimate of drug-likeness (QED) is 0.378. The van der Waals surface area contributed by atoms with Gasteiger partial charge in [0.2, 0.25) is 0 Å². The second-order valence-electron chi connectivity index (χ2n) is 2.86. The fourth-order valence-corrected chi connectivity index (χ4v) is 1.10. The van der Waals surface area contributed by atoms with Crippen molar-refractivity contribution in [1.29, 1.82) is 0 Å². The van der Waals surface area contributed by atoms with Crippen LogP contribution in [0.4, 0.5) is 0 Å². The van der Waals surface area contributed by atoms with E-state index < -0.39 is 0 Å². The molecular weight excluding hydrogens is 168 g/mol. The van der Waals surface area contributed by atoms with Crippen molar-refractivity contribution in [3.05, 3.63) is 23.9 Å². The summed E-state index contributed by atoms with van der Waals surface area (Å²) in [5, 5.41) is 0. The van der Waals surface area contributed by atoms with Gasteiger partial charge < -0.3 is 4.74 Å². The first-order valence-electron chi connectivity index (χ1n) is 3.83. The van der Waals surface area contributed by atoms with Gasteiger partial charge in [-0.25, -0.2) is 4.79 Å². The maximum Gasteiger partial charge on any atom is 0.333 e. The van der Waals surface area contributed by atoms with Gasteiger partial charge in [0.1, 0.15) is 6.61 Å². The minimum absolute atomic E-state index is 0.319. The highest BCUT2D eigenvalue weighted by Gasteiger charge is 1.99. The molecule has 0 heterocycles. The number of ether oxygens (including phenoxy) is 1. The first kappa shape index (κ1) is 11.2. The number of carbonyl (C=O) groups is 1. The molecule has 12 heavy (non-hydrogen) atoms. The zero-order valence-electron chi connectivity index (χ0n) is 7.89. The van der Waals surface area contributed by atoms with Crippen molar-refractivity contribution in [3.63, 3.8) is 0 Å². The Labute approximate surface area is 75.5 Å². The second-order valence-corrected chi connectivity index (χ2v) is 5.35. The zero-order chi connectivity index (χ0) is 9.56. The van der Waals surface area contributed by atoms with Crippen molar-refractivity contribution >= 4 is 14.8 Å². The largest absolute Gasteiger partial charge is 0.458 e. The minimum Gasteiger partial charge on any atom is -0.458 e. The number of hydrogen-bond acceptors (Lipinski definition) is 2. The molecule has 0 fully saturated rings. The van der Waals surface area contributed by atoms with Gasteiger partial charge in [0.05, 0.1) is 8.80 Å². The third-order valence-electron chi connectivity index (χ3n) is 1.11. The molecule has 0 spiro atoms. The highest BCUT2D eigenvalue weighted by Crippen LogP contribution is 1.92. The monoisotopic (exact) mass is 183 g/mol. The van der Waals surface area contributed by atoms with E-state index >= 15 is 0 Å². The van der Waals surface area contributed by atoms with E-state index in [1.54, 1.807) is 6.92 Å². The fraction of sp³-hybridized carbons (Fsp3) is 0.444. The normalized spacial score (nSPS) is 10.7. The third kappa shape index (κ3) is 5.92. The molecule has 0 aliphatic rings. The summed E-state index contributed by atoms with van der Waals surface area (Å²) in [6, 6.07) is 0. The molecule has 67 valence electrons. The van der Waals surface area contributed by atoms with E-state index in [1.807, 2.05) is 6.08 Å². The Kier molecular flexibility index (Phi) is 5.37. The molecule has 0 atom stereocenters. The zero-order valence-corrected chi connectivity index (χ0v) is 8.89. The maximum absolute atomic E-state index is 10.8. The molecule has 3 heteroatoms. The van der Waals surface area contributed by atoms with Gasteiger partial charge in [-0.2, -0.15) is 0 Å². The Morgan fingerprint density at radius 2 is 2.17 bits per heavy atom. The summed E-state index contributed by atoms with van der Waals surface area (Å²) in [4.78, 5) is 10.8. The molecule has 0 aromatic rings. The van der Waals surface area contributed by atoms with Gasteiger partial charge in [-0.15, -0.1) is 0 Å². The van der Waals surface area contributed by atoms with Crippen LogP contribution < -0.4 is 0 Å². The Bertz CT molecular complexity index is 195. The second kappa shape index (κ2) is 5.77. The Balaban J connectivity index is 3.57. The van der Waals surface area contributed by atoms with E-state index in [0.717, 1.165) is 0 Å². The van der Waals surface area contributed by atoms with Crippen LogP contribution in [0.15, 0.2) is 23.9 Å². The van der Waals surface area contributed by atoms with Crippen LogP contribution in [0.2, 0.25) is 13.1 Å². The molecule has 0 N–H and O–H groups in total. The van der Waals surface area contributed by atoms with E-state index in [0.29, 0.717) is 12.2 Å². The number of hydrogen-bond donors (Lipinski definition) is 0. The molecule has 0 saturated carbocycles. The highest BCUT2D eigenvalue weighted by atomic mass is 28.3. The lowest BCUT2D eigenvalue weighted by atomic mass is 10.4. The van der Waals surface area contributed by atoms with Crippen LogP contribution in [-0.2, 0) is 9.53 Å². The summed E-state index contributed by atoms with van der Waals surface area (Å²) in [7, 11) is -0.347. The van der Waals surface area contributed by atoms with Crippen molar-refractivity contribution in [2.24, 2.45) is 0 Å². The van der Waals surface area contributed by atoms with Crippen molar-refractivity contribution in [3.8, 4) is 0 Å². The summed E-state index contributed by atoms with van der Waals surface area (Å²) in [6.07, 6.45) is 1.88. The highest BCUT2D eigenvalue weighted by molar-refractivity contribution is 6.61. The topological polar surface area (TPSA) is 26.3 Å². The van der Waals surface area contributed by atoms with E-state index in [9.17, 15) is 4.79 Å². The predicted octanol–water partition coefficient (Wildman–Crippen LogP) is 1.96. The molecule has 0 amide bonds. The standard InChI is InChI=1S/C9H15O2Si/c1-8(2)9(10)11-6-5-7-12(3)4/h5,7H,1,6H2,2-4H3. The van der Waals surface area contributed by atoms with Gasteiger partial charge >= 0.3 is 5.97 Å². The lowest BCUT2D eigenvalue weighted by Crippen LogP contribution is -2.05. The van der Waals surface area contributed by atoms with Crippen LogP contribution in [0, 0.1) is 0 Å². The van der Waals surface area contributed by atoms with Crippen LogP contribution >= 0.6 is 0 Å². The maximum atomic E-state index is 10.8. The van der Waals surface area contributed by atoms with Crippen molar-refractivity contribution < 1.29 is 9.53 Å². The molecular formula is C9H15O2Si. The Morgan fingerprint density at radius 1 is 1.58 bits per heavy atom. The molecule has 0 saturated heterocycles. The van der Waals surface area contributed by atoms with Crippen LogP contribution in [-0.4, -0.2) is 21.4 Å². The van der Waals surface area contributed by atoms with Gasteiger partial charge in [-0.1, -0.05) is 31.4 Å². The van der Waals surface area contributed by atoms with Crippen molar-refractivity contribution in [2.45, 2.75) is 20.0 Å². The summed E-state index contributed by atoms with van der Waals surface area (Å²) in [6.45, 7) is 9.82. The fourth-order valence-electron chi connectivity index (χ4n) is 0.531. The summed E-state index contributed by atoms with van der Waals surface area (Å²) < 4.78 is 4.84. The van der Waals surface area contributed by atoms with Gasteiger partial charge in [0.15, 0.2) is 0 Å². The van der Waals surface area contributed by atoms with Crippen molar-refractivity contribution in [2.75, 3.05) is 6.61 Å². The number of rotatable bonds is 4.